The Morgan fingerprint density at radius 2 is 2.05 bits per heavy atom. The number of furan rings is 1. The number of nitrogens with zero attached hydrogens (tertiary/aromatic N) is 1. The molecule has 5 nitrogen and oxygen atoms in total. The molecule has 1 aromatic heterocycles. The summed E-state index contributed by atoms with van der Waals surface area (Å²) in [4.78, 5) is 26.8. The quantitative estimate of drug-likeness (QED) is 0.880. The largest absolute Gasteiger partial charge is 0.466 e. The van der Waals surface area contributed by atoms with Crippen molar-refractivity contribution in [2.24, 2.45) is 0 Å². The number of hydrogen-bond donors (Lipinski definition) is 1. The molecule has 1 aliphatic rings. The molecule has 0 saturated heterocycles. The third-order valence-electron chi connectivity index (χ3n) is 3.91. The highest BCUT2D eigenvalue weighted by atomic mass is 16.3. The van der Waals surface area contributed by atoms with E-state index in [-0.39, 0.29) is 11.8 Å². The standard InChI is InChI=1S/C17H18N2O3/c1-10-5-4-6-14-15(10)16(20)18-7-8-19(14)17(21)13-9-11(2)22-12(13)3/h4-6,9H,7-8H2,1-3H3,(H,18,20). The molecule has 2 heterocycles. The fourth-order valence-electron chi connectivity index (χ4n) is 2.86. The highest BCUT2D eigenvalue weighted by Crippen LogP contribution is 2.28. The Kier molecular flexibility index (Phi) is 3.48. The van der Waals surface area contributed by atoms with Crippen LogP contribution >= 0.6 is 0 Å². The van der Waals surface area contributed by atoms with Crippen LogP contribution in [0.15, 0.2) is 28.7 Å². The number of anilines is 1. The molecule has 2 aromatic rings. The zero-order valence-electron chi connectivity index (χ0n) is 12.9. The van der Waals surface area contributed by atoms with E-state index < -0.39 is 0 Å². The summed E-state index contributed by atoms with van der Waals surface area (Å²) in [6.07, 6.45) is 0. The molecule has 0 unspecified atom stereocenters. The highest BCUT2D eigenvalue weighted by molar-refractivity contribution is 6.12. The minimum Gasteiger partial charge on any atom is -0.466 e. The number of carbonyl (C=O) groups is 2. The molecule has 0 atom stereocenters. The highest BCUT2D eigenvalue weighted by Gasteiger charge is 2.28. The summed E-state index contributed by atoms with van der Waals surface area (Å²) in [5.41, 5.74) is 2.61. The van der Waals surface area contributed by atoms with E-state index in [9.17, 15) is 9.59 Å². The number of benzene rings is 1. The lowest BCUT2D eigenvalue weighted by molar-refractivity contribution is 0.0953. The number of amides is 2. The van der Waals surface area contributed by atoms with E-state index in [1.807, 2.05) is 32.0 Å². The summed E-state index contributed by atoms with van der Waals surface area (Å²) >= 11 is 0. The Balaban J connectivity index is 2.10. The predicted octanol–water partition coefficient (Wildman–Crippen LogP) is 2.60. The molecular formula is C17H18N2O3. The van der Waals surface area contributed by atoms with Gasteiger partial charge < -0.3 is 14.6 Å². The number of rotatable bonds is 1. The second-order valence-electron chi connectivity index (χ2n) is 5.51. The topological polar surface area (TPSA) is 62.6 Å². The second-order valence-corrected chi connectivity index (χ2v) is 5.51. The molecule has 2 amide bonds. The van der Waals surface area contributed by atoms with Crippen molar-refractivity contribution in [3.05, 3.63) is 52.5 Å². The first-order valence-electron chi connectivity index (χ1n) is 7.25. The van der Waals surface area contributed by atoms with Crippen LogP contribution in [0.25, 0.3) is 0 Å². The van der Waals surface area contributed by atoms with Crippen LogP contribution in [-0.2, 0) is 0 Å². The van der Waals surface area contributed by atoms with Crippen molar-refractivity contribution in [2.75, 3.05) is 18.0 Å². The molecule has 1 N–H and O–H groups in total. The molecule has 0 bridgehead atoms. The fourth-order valence-corrected chi connectivity index (χ4v) is 2.86. The van der Waals surface area contributed by atoms with E-state index in [0.29, 0.717) is 41.4 Å². The molecule has 22 heavy (non-hydrogen) atoms. The van der Waals surface area contributed by atoms with Gasteiger partial charge in [-0.15, -0.1) is 0 Å². The third kappa shape index (κ3) is 2.28. The van der Waals surface area contributed by atoms with Crippen LogP contribution in [0.5, 0.6) is 0 Å². The summed E-state index contributed by atoms with van der Waals surface area (Å²) < 4.78 is 5.46. The van der Waals surface area contributed by atoms with E-state index in [0.717, 1.165) is 5.56 Å². The summed E-state index contributed by atoms with van der Waals surface area (Å²) in [6, 6.07) is 7.29. The first kappa shape index (κ1) is 14.4. The summed E-state index contributed by atoms with van der Waals surface area (Å²) in [6.45, 7) is 6.33. The summed E-state index contributed by atoms with van der Waals surface area (Å²) in [5, 5.41) is 2.84. The Morgan fingerprint density at radius 1 is 1.27 bits per heavy atom. The van der Waals surface area contributed by atoms with Crippen LogP contribution in [0.1, 0.15) is 37.8 Å². The fraction of sp³-hybridized carbons (Fsp3) is 0.294. The van der Waals surface area contributed by atoms with Crippen LogP contribution in [-0.4, -0.2) is 24.9 Å². The van der Waals surface area contributed by atoms with Crippen LogP contribution in [0, 0.1) is 20.8 Å². The Labute approximate surface area is 128 Å². The SMILES string of the molecule is Cc1cc(C(=O)N2CCNC(=O)c3c(C)cccc32)c(C)o1. The molecule has 0 fully saturated rings. The van der Waals surface area contributed by atoms with Crippen LogP contribution < -0.4 is 10.2 Å². The van der Waals surface area contributed by atoms with Gasteiger partial charge in [0.1, 0.15) is 11.5 Å². The van der Waals surface area contributed by atoms with Crippen molar-refractivity contribution in [1.29, 1.82) is 0 Å². The van der Waals surface area contributed by atoms with Crippen molar-refractivity contribution in [1.82, 2.24) is 5.32 Å². The van der Waals surface area contributed by atoms with Gasteiger partial charge in [-0.3, -0.25) is 9.59 Å². The predicted molar refractivity (Wildman–Crippen MR) is 83.4 cm³/mol. The summed E-state index contributed by atoms with van der Waals surface area (Å²) in [7, 11) is 0. The Bertz CT molecular complexity index is 761. The van der Waals surface area contributed by atoms with E-state index in [2.05, 4.69) is 5.32 Å². The van der Waals surface area contributed by atoms with Crippen LogP contribution in [0.4, 0.5) is 5.69 Å². The van der Waals surface area contributed by atoms with Crippen molar-refractivity contribution < 1.29 is 14.0 Å². The smallest absolute Gasteiger partial charge is 0.261 e. The minimum atomic E-state index is -0.141. The Morgan fingerprint density at radius 3 is 2.73 bits per heavy atom. The lowest BCUT2D eigenvalue weighted by atomic mass is 10.0. The molecular weight excluding hydrogens is 280 g/mol. The average Bonchev–Trinajstić information content (AvgIpc) is 2.71. The second kappa shape index (κ2) is 5.33. The van der Waals surface area contributed by atoms with Crippen molar-refractivity contribution in [2.45, 2.75) is 20.8 Å². The van der Waals surface area contributed by atoms with Gasteiger partial charge in [-0.05, 0) is 38.5 Å². The maximum atomic E-state index is 12.9. The normalized spacial score (nSPS) is 14.3. The number of hydrogen-bond acceptors (Lipinski definition) is 3. The zero-order chi connectivity index (χ0) is 15.9. The lowest BCUT2D eigenvalue weighted by Crippen LogP contribution is -2.35. The number of fused-ring (bicyclic) bond motifs is 1. The first-order valence-corrected chi connectivity index (χ1v) is 7.25. The van der Waals surface area contributed by atoms with Crippen molar-refractivity contribution in [3.63, 3.8) is 0 Å². The number of nitrogens with one attached hydrogen (secondary N) is 1. The van der Waals surface area contributed by atoms with Crippen LogP contribution in [0.3, 0.4) is 0 Å². The van der Waals surface area contributed by atoms with Crippen molar-refractivity contribution in [3.8, 4) is 0 Å². The first-order chi connectivity index (χ1) is 10.5. The minimum absolute atomic E-state index is 0.136. The van der Waals surface area contributed by atoms with Gasteiger partial charge in [0.15, 0.2) is 0 Å². The monoisotopic (exact) mass is 298 g/mol. The molecule has 1 aliphatic heterocycles. The molecule has 114 valence electrons. The number of aryl methyl sites for hydroxylation is 3. The molecule has 5 heteroatoms. The van der Waals surface area contributed by atoms with Crippen LogP contribution in [0.2, 0.25) is 0 Å². The van der Waals surface area contributed by atoms with Gasteiger partial charge in [0, 0.05) is 13.1 Å². The molecule has 0 saturated carbocycles. The van der Waals surface area contributed by atoms with Gasteiger partial charge in [-0.25, -0.2) is 0 Å². The molecule has 3 rings (SSSR count). The van der Waals surface area contributed by atoms with Crippen molar-refractivity contribution >= 4 is 17.5 Å². The van der Waals surface area contributed by atoms with E-state index in [1.54, 1.807) is 17.9 Å². The zero-order valence-corrected chi connectivity index (χ0v) is 12.9. The Hall–Kier alpha value is -2.56. The molecule has 0 aliphatic carbocycles. The van der Waals surface area contributed by atoms with Gasteiger partial charge in [0.2, 0.25) is 0 Å². The summed E-state index contributed by atoms with van der Waals surface area (Å²) in [5.74, 6) is 1.02. The molecule has 1 aromatic carbocycles. The number of carbonyl (C=O) groups excluding carboxylic acids is 2. The maximum Gasteiger partial charge on any atom is 0.261 e. The van der Waals surface area contributed by atoms with E-state index in [1.165, 1.54) is 0 Å². The molecule has 0 spiro atoms. The van der Waals surface area contributed by atoms with E-state index >= 15 is 0 Å². The average molecular weight is 298 g/mol. The van der Waals surface area contributed by atoms with Gasteiger partial charge in [0.05, 0.1) is 16.8 Å². The van der Waals surface area contributed by atoms with Gasteiger partial charge in [-0.1, -0.05) is 12.1 Å². The van der Waals surface area contributed by atoms with Gasteiger partial charge in [-0.2, -0.15) is 0 Å². The van der Waals surface area contributed by atoms with E-state index in [4.69, 9.17) is 4.42 Å². The lowest BCUT2D eigenvalue weighted by Gasteiger charge is -2.22. The maximum absolute atomic E-state index is 12.9. The third-order valence-corrected chi connectivity index (χ3v) is 3.91. The molecule has 0 radical (unpaired) electrons. The van der Waals surface area contributed by atoms with Gasteiger partial charge in [0.25, 0.3) is 11.8 Å². The van der Waals surface area contributed by atoms with Gasteiger partial charge >= 0.3 is 0 Å².